The minimum atomic E-state index is -1.18. The Morgan fingerprint density at radius 2 is 1.80 bits per heavy atom. The Morgan fingerprint density at radius 1 is 1.25 bits per heavy atom. The fourth-order valence-electron chi connectivity index (χ4n) is 1.82. The van der Waals surface area contributed by atoms with Crippen LogP contribution in [0.15, 0.2) is 24.3 Å². The molecule has 1 aromatic rings. The molecule has 0 heterocycles. The summed E-state index contributed by atoms with van der Waals surface area (Å²) in [6.07, 6.45) is 0.480. The quantitative estimate of drug-likeness (QED) is 0.621. The minimum Gasteiger partial charge on any atom is -0.508 e. The molecule has 0 aliphatic heterocycles. The van der Waals surface area contributed by atoms with Gasteiger partial charge in [-0.15, -0.1) is 0 Å². The highest BCUT2D eigenvalue weighted by molar-refractivity contribution is 5.87. The van der Waals surface area contributed by atoms with Crippen molar-refractivity contribution in [1.82, 2.24) is 5.32 Å². The second-order valence-corrected chi connectivity index (χ2v) is 5.11. The van der Waals surface area contributed by atoms with E-state index in [1.165, 1.54) is 24.3 Å². The smallest absolute Gasteiger partial charge is 0.330 e. The molecular weight excluding hydrogens is 260 g/mol. The average Bonchev–Trinajstić information content (AvgIpc) is 2.35. The molecule has 6 heteroatoms. The van der Waals surface area contributed by atoms with Crippen molar-refractivity contribution in [2.75, 3.05) is 0 Å². The van der Waals surface area contributed by atoms with Gasteiger partial charge in [0.15, 0.2) is 6.04 Å². The number of phenols is 1. The van der Waals surface area contributed by atoms with E-state index in [1.807, 2.05) is 13.8 Å². The highest BCUT2D eigenvalue weighted by Gasteiger charge is 2.25. The zero-order valence-corrected chi connectivity index (χ0v) is 11.5. The molecule has 0 saturated heterocycles. The van der Waals surface area contributed by atoms with Gasteiger partial charge in [-0.05, 0) is 30.0 Å². The standard InChI is InChI=1S/C14H20N2O4/c1-8(2)7-11(15)13(18)16-12(14(19)20)9-3-5-10(17)6-4-9/h3-6,8,11-12,17H,7,15H2,1-2H3,(H,16,18)(H,19,20)/t11-,12-/m1/s1. The summed E-state index contributed by atoms with van der Waals surface area (Å²) in [6, 6.07) is 3.71. The molecule has 6 nitrogen and oxygen atoms in total. The maximum Gasteiger partial charge on any atom is 0.330 e. The van der Waals surface area contributed by atoms with Crippen molar-refractivity contribution in [1.29, 1.82) is 0 Å². The van der Waals surface area contributed by atoms with E-state index in [0.717, 1.165) is 0 Å². The van der Waals surface area contributed by atoms with Crippen LogP contribution in [0.3, 0.4) is 0 Å². The van der Waals surface area contributed by atoms with E-state index < -0.39 is 24.0 Å². The van der Waals surface area contributed by atoms with Crippen LogP contribution in [0, 0.1) is 5.92 Å². The van der Waals surface area contributed by atoms with Gasteiger partial charge in [0.2, 0.25) is 5.91 Å². The van der Waals surface area contributed by atoms with E-state index in [4.69, 9.17) is 5.73 Å². The summed E-state index contributed by atoms with van der Waals surface area (Å²) in [6.45, 7) is 3.86. The van der Waals surface area contributed by atoms with Crippen molar-refractivity contribution in [2.24, 2.45) is 11.7 Å². The molecular formula is C14H20N2O4. The van der Waals surface area contributed by atoms with Gasteiger partial charge in [0.1, 0.15) is 5.75 Å². The van der Waals surface area contributed by atoms with Crippen LogP contribution < -0.4 is 11.1 Å². The zero-order valence-electron chi connectivity index (χ0n) is 11.5. The van der Waals surface area contributed by atoms with Crippen molar-refractivity contribution < 1.29 is 19.8 Å². The lowest BCUT2D eigenvalue weighted by molar-refractivity contribution is -0.142. The first kappa shape index (κ1) is 16.0. The SMILES string of the molecule is CC(C)C[C@@H](N)C(=O)N[C@@H](C(=O)O)c1ccc(O)cc1. The molecule has 0 spiro atoms. The number of benzene rings is 1. The van der Waals surface area contributed by atoms with Crippen molar-refractivity contribution >= 4 is 11.9 Å². The second-order valence-electron chi connectivity index (χ2n) is 5.11. The predicted octanol–water partition coefficient (Wildman–Crippen LogP) is 1.01. The molecule has 1 aromatic carbocycles. The Morgan fingerprint density at radius 3 is 2.25 bits per heavy atom. The van der Waals surface area contributed by atoms with Gasteiger partial charge in [-0.1, -0.05) is 26.0 Å². The molecule has 5 N–H and O–H groups in total. The summed E-state index contributed by atoms with van der Waals surface area (Å²) < 4.78 is 0. The highest BCUT2D eigenvalue weighted by atomic mass is 16.4. The number of aliphatic carboxylic acids is 1. The lowest BCUT2D eigenvalue weighted by atomic mass is 10.0. The topological polar surface area (TPSA) is 113 Å². The lowest BCUT2D eigenvalue weighted by Gasteiger charge is -2.19. The van der Waals surface area contributed by atoms with Crippen LogP contribution in [0.1, 0.15) is 31.9 Å². The molecule has 0 fully saturated rings. The first-order valence-electron chi connectivity index (χ1n) is 6.39. The second kappa shape index (κ2) is 6.91. The van der Waals surface area contributed by atoms with E-state index >= 15 is 0 Å². The van der Waals surface area contributed by atoms with E-state index in [1.54, 1.807) is 0 Å². The number of carboxylic acid groups (broad SMARTS) is 1. The molecule has 0 aliphatic carbocycles. The largest absolute Gasteiger partial charge is 0.508 e. The molecule has 0 aliphatic rings. The maximum atomic E-state index is 11.9. The van der Waals surface area contributed by atoms with Gasteiger partial charge in [-0.2, -0.15) is 0 Å². The molecule has 0 radical (unpaired) electrons. The third kappa shape index (κ3) is 4.55. The molecule has 1 rings (SSSR count). The normalized spacial score (nSPS) is 13.8. The molecule has 110 valence electrons. The molecule has 20 heavy (non-hydrogen) atoms. The van der Waals surface area contributed by atoms with Crippen molar-refractivity contribution in [2.45, 2.75) is 32.4 Å². The molecule has 0 bridgehead atoms. The molecule has 0 saturated carbocycles. The Labute approximate surface area is 117 Å². The number of carbonyl (C=O) groups is 2. The van der Waals surface area contributed by atoms with Gasteiger partial charge >= 0.3 is 5.97 Å². The van der Waals surface area contributed by atoms with Crippen molar-refractivity contribution in [3.63, 3.8) is 0 Å². The van der Waals surface area contributed by atoms with Crippen LogP contribution in [-0.4, -0.2) is 28.1 Å². The van der Waals surface area contributed by atoms with Crippen LogP contribution in [0.4, 0.5) is 0 Å². The van der Waals surface area contributed by atoms with Crippen molar-refractivity contribution in [3.05, 3.63) is 29.8 Å². The fraction of sp³-hybridized carbons (Fsp3) is 0.429. The van der Waals surface area contributed by atoms with Gasteiger partial charge < -0.3 is 21.3 Å². The maximum absolute atomic E-state index is 11.9. The first-order chi connectivity index (χ1) is 9.31. The van der Waals surface area contributed by atoms with E-state index in [0.29, 0.717) is 12.0 Å². The van der Waals surface area contributed by atoms with Gasteiger partial charge in [-0.3, -0.25) is 4.79 Å². The molecule has 0 unspecified atom stereocenters. The number of hydrogen-bond donors (Lipinski definition) is 4. The fourth-order valence-corrected chi connectivity index (χ4v) is 1.82. The van der Waals surface area contributed by atoms with Gasteiger partial charge in [0.25, 0.3) is 0 Å². The third-order valence-electron chi connectivity index (χ3n) is 2.82. The summed E-state index contributed by atoms with van der Waals surface area (Å²) in [5, 5.41) is 20.8. The summed E-state index contributed by atoms with van der Waals surface area (Å²) in [7, 11) is 0. The van der Waals surface area contributed by atoms with Gasteiger partial charge in [0, 0.05) is 0 Å². The number of aromatic hydroxyl groups is 1. The first-order valence-corrected chi connectivity index (χ1v) is 6.39. The van der Waals surface area contributed by atoms with Gasteiger partial charge in [-0.25, -0.2) is 4.79 Å². The Balaban J connectivity index is 2.80. The summed E-state index contributed by atoms with van der Waals surface area (Å²) in [5.74, 6) is -1.41. The lowest BCUT2D eigenvalue weighted by Crippen LogP contribution is -2.44. The Hall–Kier alpha value is -2.08. The number of nitrogens with two attached hydrogens (primary N) is 1. The zero-order chi connectivity index (χ0) is 15.3. The van der Waals surface area contributed by atoms with E-state index in [-0.39, 0.29) is 11.7 Å². The Bertz CT molecular complexity index is 471. The summed E-state index contributed by atoms with van der Waals surface area (Å²) >= 11 is 0. The number of carboxylic acids is 1. The third-order valence-corrected chi connectivity index (χ3v) is 2.82. The molecule has 2 atom stereocenters. The van der Waals surface area contributed by atoms with Crippen molar-refractivity contribution in [3.8, 4) is 5.75 Å². The number of amides is 1. The average molecular weight is 280 g/mol. The minimum absolute atomic E-state index is 0.0284. The number of phenolic OH excluding ortho intramolecular Hbond substituents is 1. The molecule has 0 aromatic heterocycles. The number of hydrogen-bond acceptors (Lipinski definition) is 4. The monoisotopic (exact) mass is 280 g/mol. The van der Waals surface area contributed by atoms with E-state index in [9.17, 15) is 19.8 Å². The number of nitrogens with one attached hydrogen (secondary N) is 1. The van der Waals surface area contributed by atoms with Crippen LogP contribution in [0.25, 0.3) is 0 Å². The predicted molar refractivity (Wildman–Crippen MR) is 74.1 cm³/mol. The van der Waals surface area contributed by atoms with Gasteiger partial charge in [0.05, 0.1) is 6.04 Å². The summed E-state index contributed by atoms with van der Waals surface area (Å²) in [4.78, 5) is 23.1. The van der Waals surface area contributed by atoms with Crippen LogP contribution in [0.5, 0.6) is 5.75 Å². The number of rotatable bonds is 6. The van der Waals surface area contributed by atoms with Crippen LogP contribution in [0.2, 0.25) is 0 Å². The van der Waals surface area contributed by atoms with Crippen LogP contribution in [-0.2, 0) is 9.59 Å². The molecule has 1 amide bonds. The summed E-state index contributed by atoms with van der Waals surface area (Å²) in [5.41, 5.74) is 6.10. The Kier molecular flexibility index (Phi) is 5.52. The van der Waals surface area contributed by atoms with Crippen LogP contribution >= 0.6 is 0 Å². The van der Waals surface area contributed by atoms with E-state index in [2.05, 4.69) is 5.32 Å². The highest BCUT2D eigenvalue weighted by Crippen LogP contribution is 2.17. The number of carbonyl (C=O) groups excluding carboxylic acids is 1.